The van der Waals surface area contributed by atoms with Gasteiger partial charge in [-0.15, -0.1) is 0 Å². The molecule has 1 aromatic carbocycles. The molecule has 2 nitrogen and oxygen atoms in total. The fourth-order valence-corrected chi connectivity index (χ4v) is 2.83. The van der Waals surface area contributed by atoms with Crippen LogP contribution in [0.3, 0.4) is 0 Å². The first-order chi connectivity index (χ1) is 8.96. The van der Waals surface area contributed by atoms with Gasteiger partial charge in [-0.25, -0.2) is 0 Å². The van der Waals surface area contributed by atoms with Gasteiger partial charge in [0.25, 0.3) is 5.92 Å². The average molecular weight is 269 g/mol. The second-order valence-corrected chi connectivity index (χ2v) is 5.27. The predicted octanol–water partition coefficient (Wildman–Crippen LogP) is 3.55. The highest BCUT2D eigenvalue weighted by Gasteiger charge is 2.42. The standard InChI is InChI=1S/C15H21F2NO/c1-10-8-12(9-11(2)14(10)19-3)15(16,17)13-6-4-5-7-18-13/h8-9,13,18H,4-7H2,1-3H3. The molecule has 0 radical (unpaired) electrons. The van der Waals surface area contributed by atoms with Crippen LogP contribution >= 0.6 is 0 Å². The summed E-state index contributed by atoms with van der Waals surface area (Å²) in [7, 11) is 1.57. The van der Waals surface area contributed by atoms with E-state index in [1.54, 1.807) is 33.1 Å². The Morgan fingerprint density at radius 1 is 1.21 bits per heavy atom. The number of methoxy groups -OCH3 is 1. The molecule has 1 saturated heterocycles. The van der Waals surface area contributed by atoms with Crippen molar-refractivity contribution in [2.24, 2.45) is 0 Å². The van der Waals surface area contributed by atoms with Crippen LogP contribution in [0.15, 0.2) is 12.1 Å². The quantitative estimate of drug-likeness (QED) is 0.906. The molecule has 1 unspecified atom stereocenters. The Kier molecular flexibility index (Phi) is 4.09. The molecule has 2 rings (SSSR count). The molecule has 1 heterocycles. The normalized spacial score (nSPS) is 20.4. The van der Waals surface area contributed by atoms with E-state index in [2.05, 4.69) is 5.32 Å². The molecule has 0 bridgehead atoms. The lowest BCUT2D eigenvalue weighted by Gasteiger charge is -2.32. The Bertz CT molecular complexity index is 430. The van der Waals surface area contributed by atoms with Crippen molar-refractivity contribution in [3.63, 3.8) is 0 Å². The van der Waals surface area contributed by atoms with Crippen molar-refractivity contribution < 1.29 is 13.5 Å². The largest absolute Gasteiger partial charge is 0.496 e. The fraction of sp³-hybridized carbons (Fsp3) is 0.600. The summed E-state index contributed by atoms with van der Waals surface area (Å²) in [6.07, 6.45) is 2.37. The first-order valence-corrected chi connectivity index (χ1v) is 6.73. The van der Waals surface area contributed by atoms with Gasteiger partial charge in [0.2, 0.25) is 0 Å². The van der Waals surface area contributed by atoms with Gasteiger partial charge in [0.15, 0.2) is 0 Å². The zero-order valence-corrected chi connectivity index (χ0v) is 11.7. The molecule has 1 aliphatic rings. The van der Waals surface area contributed by atoms with Crippen LogP contribution in [0.25, 0.3) is 0 Å². The van der Waals surface area contributed by atoms with Crippen molar-refractivity contribution in [1.29, 1.82) is 0 Å². The lowest BCUT2D eigenvalue weighted by Crippen LogP contribution is -2.45. The van der Waals surface area contributed by atoms with Crippen molar-refractivity contribution in [1.82, 2.24) is 5.32 Å². The van der Waals surface area contributed by atoms with Crippen LogP contribution < -0.4 is 10.1 Å². The number of rotatable bonds is 3. The third-order valence-corrected chi connectivity index (χ3v) is 3.80. The third kappa shape index (κ3) is 2.73. The summed E-state index contributed by atoms with van der Waals surface area (Å²) in [6.45, 7) is 4.29. The molecule has 4 heteroatoms. The SMILES string of the molecule is COc1c(C)cc(C(F)(F)C2CCCCN2)cc1C. The Balaban J connectivity index is 2.34. The van der Waals surface area contributed by atoms with Gasteiger partial charge in [0, 0.05) is 5.56 Å². The van der Waals surface area contributed by atoms with E-state index in [-0.39, 0.29) is 5.56 Å². The Labute approximate surface area is 113 Å². The fourth-order valence-electron chi connectivity index (χ4n) is 2.83. The molecule has 1 aliphatic heterocycles. The highest BCUT2D eigenvalue weighted by molar-refractivity contribution is 5.44. The van der Waals surface area contributed by atoms with Crippen LogP contribution in [0, 0.1) is 13.8 Å². The van der Waals surface area contributed by atoms with Gasteiger partial charge in [-0.2, -0.15) is 8.78 Å². The van der Waals surface area contributed by atoms with Crippen LogP contribution in [0.2, 0.25) is 0 Å². The minimum Gasteiger partial charge on any atom is -0.496 e. The highest BCUT2D eigenvalue weighted by atomic mass is 19.3. The molecule has 106 valence electrons. The number of benzene rings is 1. The molecule has 1 fully saturated rings. The molecule has 0 saturated carbocycles. The smallest absolute Gasteiger partial charge is 0.288 e. The van der Waals surface area contributed by atoms with Crippen LogP contribution in [-0.4, -0.2) is 19.7 Å². The van der Waals surface area contributed by atoms with Crippen LogP contribution in [0.4, 0.5) is 8.78 Å². The van der Waals surface area contributed by atoms with Gasteiger partial charge in [-0.1, -0.05) is 6.42 Å². The van der Waals surface area contributed by atoms with Gasteiger partial charge in [0.1, 0.15) is 5.75 Å². The molecule has 0 aromatic heterocycles. The topological polar surface area (TPSA) is 21.3 Å². The summed E-state index contributed by atoms with van der Waals surface area (Å²) in [5.41, 5.74) is 1.60. The van der Waals surface area contributed by atoms with E-state index < -0.39 is 12.0 Å². The van der Waals surface area contributed by atoms with Gasteiger partial charge in [0.05, 0.1) is 13.2 Å². The molecule has 1 N–H and O–H groups in total. The van der Waals surface area contributed by atoms with Gasteiger partial charge < -0.3 is 10.1 Å². The molecule has 0 amide bonds. The maximum atomic E-state index is 14.5. The maximum absolute atomic E-state index is 14.5. The van der Waals surface area contributed by atoms with E-state index in [1.807, 2.05) is 0 Å². The van der Waals surface area contributed by atoms with E-state index in [1.165, 1.54) is 0 Å². The number of hydrogen-bond acceptors (Lipinski definition) is 2. The third-order valence-electron chi connectivity index (χ3n) is 3.80. The number of halogens is 2. The first-order valence-electron chi connectivity index (χ1n) is 6.73. The first kappa shape index (κ1) is 14.3. The van der Waals surface area contributed by atoms with Crippen LogP contribution in [0.1, 0.15) is 36.0 Å². The van der Waals surface area contributed by atoms with Crippen molar-refractivity contribution in [2.45, 2.75) is 45.1 Å². The summed E-state index contributed by atoms with van der Waals surface area (Å²) < 4.78 is 34.3. The summed E-state index contributed by atoms with van der Waals surface area (Å²) in [5, 5.41) is 2.94. The van der Waals surface area contributed by atoms with Crippen molar-refractivity contribution in [3.8, 4) is 5.75 Å². The number of aryl methyl sites for hydroxylation is 2. The summed E-state index contributed by atoms with van der Waals surface area (Å²) in [4.78, 5) is 0. The van der Waals surface area contributed by atoms with E-state index >= 15 is 0 Å². The second-order valence-electron chi connectivity index (χ2n) is 5.27. The zero-order chi connectivity index (χ0) is 14.0. The lowest BCUT2D eigenvalue weighted by atomic mass is 9.92. The zero-order valence-electron chi connectivity index (χ0n) is 11.7. The Morgan fingerprint density at radius 3 is 2.32 bits per heavy atom. The number of alkyl halides is 2. The molecular weight excluding hydrogens is 248 g/mol. The van der Waals surface area contributed by atoms with Crippen LogP contribution in [-0.2, 0) is 5.92 Å². The summed E-state index contributed by atoms with van der Waals surface area (Å²) >= 11 is 0. The lowest BCUT2D eigenvalue weighted by molar-refractivity contribution is -0.0513. The number of nitrogens with one attached hydrogen (secondary N) is 1. The summed E-state index contributed by atoms with van der Waals surface area (Å²) in [5.74, 6) is -2.14. The minimum atomic E-state index is -2.83. The van der Waals surface area contributed by atoms with E-state index in [0.717, 1.165) is 24.0 Å². The molecule has 1 aromatic rings. The van der Waals surface area contributed by atoms with Crippen molar-refractivity contribution in [3.05, 3.63) is 28.8 Å². The van der Waals surface area contributed by atoms with E-state index in [9.17, 15) is 8.78 Å². The number of hydrogen-bond donors (Lipinski definition) is 1. The van der Waals surface area contributed by atoms with Gasteiger partial charge in [-0.3, -0.25) is 0 Å². The molecular formula is C15H21F2NO. The average Bonchev–Trinajstić information content (AvgIpc) is 2.39. The van der Waals surface area contributed by atoms with Crippen molar-refractivity contribution in [2.75, 3.05) is 13.7 Å². The number of ether oxygens (including phenoxy) is 1. The maximum Gasteiger partial charge on any atom is 0.288 e. The minimum absolute atomic E-state index is 0.0858. The molecule has 19 heavy (non-hydrogen) atoms. The second kappa shape index (κ2) is 5.45. The van der Waals surface area contributed by atoms with E-state index in [0.29, 0.717) is 18.7 Å². The summed E-state index contributed by atoms with van der Waals surface area (Å²) in [6, 6.07) is 2.33. The van der Waals surface area contributed by atoms with Gasteiger partial charge >= 0.3 is 0 Å². The molecule has 0 spiro atoms. The highest BCUT2D eigenvalue weighted by Crippen LogP contribution is 2.38. The van der Waals surface area contributed by atoms with Crippen molar-refractivity contribution >= 4 is 0 Å². The molecule has 1 atom stereocenters. The number of piperidine rings is 1. The Morgan fingerprint density at radius 2 is 1.84 bits per heavy atom. The van der Waals surface area contributed by atoms with Crippen LogP contribution in [0.5, 0.6) is 5.75 Å². The van der Waals surface area contributed by atoms with E-state index in [4.69, 9.17) is 4.74 Å². The van der Waals surface area contributed by atoms with Gasteiger partial charge in [-0.05, 0) is 56.5 Å². The Hall–Kier alpha value is -1.16. The predicted molar refractivity (Wildman–Crippen MR) is 72.0 cm³/mol. The monoisotopic (exact) mass is 269 g/mol. The molecule has 0 aliphatic carbocycles.